The average Bonchev–Trinajstić information content (AvgIpc) is 1.90. The second-order valence-electron chi connectivity index (χ2n) is 2.20. The summed E-state index contributed by atoms with van der Waals surface area (Å²) in [6, 6.07) is 0.800. The van der Waals surface area contributed by atoms with Gasteiger partial charge in [0.15, 0.2) is 0 Å². The van der Waals surface area contributed by atoms with E-state index in [4.69, 9.17) is 0 Å². The largest absolute Gasteiger partial charge is 0.316 e. The van der Waals surface area contributed by atoms with Crippen molar-refractivity contribution in [3.05, 3.63) is 0 Å². The van der Waals surface area contributed by atoms with E-state index in [2.05, 4.69) is 24.1 Å². The smallest absolute Gasteiger partial charge is 0.0155 e. The van der Waals surface area contributed by atoms with Gasteiger partial charge in [-0.25, -0.2) is 0 Å². The maximum absolute atomic E-state index is 3.28. The minimum atomic E-state index is 0.800. The van der Waals surface area contributed by atoms with Crippen LogP contribution in [-0.2, 0) is 0 Å². The van der Waals surface area contributed by atoms with Crippen LogP contribution in [0.15, 0.2) is 0 Å². The van der Waals surface area contributed by atoms with Gasteiger partial charge in [-0.1, -0.05) is 0 Å². The molecule has 1 aliphatic heterocycles. The molecule has 1 heterocycles. The Kier molecular flexibility index (Phi) is 2.70. The molecule has 0 aromatic rings. The molecule has 0 saturated carbocycles. The molecule has 1 fully saturated rings. The summed E-state index contributed by atoms with van der Waals surface area (Å²) in [7, 11) is 2.05. The zero-order valence-electron chi connectivity index (χ0n) is 5.31. The van der Waals surface area contributed by atoms with Gasteiger partial charge in [0.2, 0.25) is 0 Å². The van der Waals surface area contributed by atoms with Crippen molar-refractivity contribution < 1.29 is 0 Å². The van der Waals surface area contributed by atoms with Crippen LogP contribution in [0.5, 0.6) is 0 Å². The first-order valence-corrected chi connectivity index (χ1v) is 4.34. The highest BCUT2D eigenvalue weighted by Gasteiger charge is 2.09. The van der Waals surface area contributed by atoms with Gasteiger partial charge < -0.3 is 5.32 Å². The van der Waals surface area contributed by atoms with E-state index in [1.807, 2.05) is 0 Å². The summed E-state index contributed by atoms with van der Waals surface area (Å²) in [5.41, 5.74) is 0. The standard InChI is InChI=1S/C6H13NS/c1-7-6-3-2-4-8-5-6/h6-7H,2-5H2,1H3. The molecule has 1 rings (SSSR count). The highest BCUT2D eigenvalue weighted by atomic mass is 32.2. The summed E-state index contributed by atoms with van der Waals surface area (Å²) in [5.74, 6) is 2.69. The number of rotatable bonds is 1. The molecule has 1 saturated heterocycles. The zero-order chi connectivity index (χ0) is 5.82. The third-order valence-corrected chi connectivity index (χ3v) is 2.78. The van der Waals surface area contributed by atoms with Crippen LogP contribution in [0.3, 0.4) is 0 Å². The molecule has 0 aliphatic carbocycles. The van der Waals surface area contributed by atoms with E-state index in [1.54, 1.807) is 0 Å². The van der Waals surface area contributed by atoms with Gasteiger partial charge in [-0.05, 0) is 25.6 Å². The van der Waals surface area contributed by atoms with Crippen molar-refractivity contribution in [3.8, 4) is 0 Å². The molecule has 0 aromatic carbocycles. The van der Waals surface area contributed by atoms with E-state index in [9.17, 15) is 0 Å². The van der Waals surface area contributed by atoms with Crippen LogP contribution in [-0.4, -0.2) is 24.6 Å². The van der Waals surface area contributed by atoms with Gasteiger partial charge in [-0.2, -0.15) is 11.8 Å². The van der Waals surface area contributed by atoms with Crippen LogP contribution < -0.4 is 5.32 Å². The van der Waals surface area contributed by atoms with Gasteiger partial charge in [0.05, 0.1) is 0 Å². The Labute approximate surface area is 55.2 Å². The SMILES string of the molecule is CNC1CCCSC1. The predicted molar refractivity (Wildman–Crippen MR) is 39.4 cm³/mol. The molecular weight excluding hydrogens is 118 g/mol. The van der Waals surface area contributed by atoms with Crippen molar-refractivity contribution in [2.75, 3.05) is 18.6 Å². The minimum Gasteiger partial charge on any atom is -0.316 e. The molecule has 0 spiro atoms. The molecule has 48 valence electrons. The Bertz CT molecular complexity index is 59.5. The lowest BCUT2D eigenvalue weighted by atomic mass is 10.2. The number of nitrogens with one attached hydrogen (secondary N) is 1. The molecular formula is C6H13NS. The van der Waals surface area contributed by atoms with Crippen LogP contribution in [0, 0.1) is 0 Å². The number of hydrogen-bond donors (Lipinski definition) is 1. The van der Waals surface area contributed by atoms with Crippen LogP contribution in [0.4, 0.5) is 0 Å². The molecule has 8 heavy (non-hydrogen) atoms. The van der Waals surface area contributed by atoms with Crippen molar-refractivity contribution in [3.63, 3.8) is 0 Å². The third kappa shape index (κ3) is 1.67. The lowest BCUT2D eigenvalue weighted by Crippen LogP contribution is -2.30. The Morgan fingerprint density at radius 3 is 2.88 bits per heavy atom. The van der Waals surface area contributed by atoms with Crippen molar-refractivity contribution in [1.82, 2.24) is 5.32 Å². The highest BCUT2D eigenvalue weighted by molar-refractivity contribution is 7.99. The fraction of sp³-hybridized carbons (Fsp3) is 1.00. The van der Waals surface area contributed by atoms with E-state index in [-0.39, 0.29) is 0 Å². The molecule has 2 heteroatoms. The first kappa shape index (κ1) is 6.43. The summed E-state index contributed by atoms with van der Waals surface area (Å²) in [4.78, 5) is 0. The quantitative estimate of drug-likeness (QED) is 0.572. The molecule has 0 radical (unpaired) electrons. The number of thioether (sulfide) groups is 1. The lowest BCUT2D eigenvalue weighted by molar-refractivity contribution is 0.555. The Morgan fingerprint density at radius 2 is 2.50 bits per heavy atom. The monoisotopic (exact) mass is 131 g/mol. The van der Waals surface area contributed by atoms with E-state index in [1.165, 1.54) is 24.3 Å². The molecule has 0 bridgehead atoms. The van der Waals surface area contributed by atoms with E-state index >= 15 is 0 Å². The molecule has 1 unspecified atom stereocenters. The van der Waals surface area contributed by atoms with Crippen LogP contribution in [0.2, 0.25) is 0 Å². The van der Waals surface area contributed by atoms with Crippen molar-refractivity contribution in [1.29, 1.82) is 0 Å². The van der Waals surface area contributed by atoms with E-state index in [0.717, 1.165) is 6.04 Å². The van der Waals surface area contributed by atoms with E-state index in [0.29, 0.717) is 0 Å². The summed E-state index contributed by atoms with van der Waals surface area (Å²) in [6.45, 7) is 0. The van der Waals surface area contributed by atoms with Crippen LogP contribution in [0.25, 0.3) is 0 Å². The first-order valence-electron chi connectivity index (χ1n) is 3.18. The first-order chi connectivity index (χ1) is 3.93. The topological polar surface area (TPSA) is 12.0 Å². The van der Waals surface area contributed by atoms with Gasteiger partial charge in [0.1, 0.15) is 0 Å². The Hall–Kier alpha value is 0.310. The normalized spacial score (nSPS) is 30.4. The maximum Gasteiger partial charge on any atom is 0.0155 e. The zero-order valence-corrected chi connectivity index (χ0v) is 6.13. The van der Waals surface area contributed by atoms with Gasteiger partial charge in [0.25, 0.3) is 0 Å². The molecule has 1 aliphatic rings. The van der Waals surface area contributed by atoms with E-state index < -0.39 is 0 Å². The molecule has 1 N–H and O–H groups in total. The number of hydrogen-bond acceptors (Lipinski definition) is 2. The predicted octanol–water partition coefficient (Wildman–Crippen LogP) is 1.10. The summed E-state index contributed by atoms with van der Waals surface area (Å²) < 4.78 is 0. The second-order valence-corrected chi connectivity index (χ2v) is 3.35. The molecule has 1 atom stereocenters. The Balaban J connectivity index is 2.13. The third-order valence-electron chi connectivity index (χ3n) is 1.57. The average molecular weight is 131 g/mol. The van der Waals surface area contributed by atoms with Crippen molar-refractivity contribution in [2.24, 2.45) is 0 Å². The van der Waals surface area contributed by atoms with Gasteiger partial charge >= 0.3 is 0 Å². The van der Waals surface area contributed by atoms with Gasteiger partial charge in [-0.3, -0.25) is 0 Å². The van der Waals surface area contributed by atoms with Gasteiger partial charge in [0, 0.05) is 11.8 Å². The fourth-order valence-electron chi connectivity index (χ4n) is 0.968. The van der Waals surface area contributed by atoms with Crippen LogP contribution >= 0.6 is 11.8 Å². The van der Waals surface area contributed by atoms with Crippen molar-refractivity contribution in [2.45, 2.75) is 18.9 Å². The summed E-state index contributed by atoms with van der Waals surface area (Å²) in [6.07, 6.45) is 2.78. The molecule has 0 aromatic heterocycles. The van der Waals surface area contributed by atoms with Crippen molar-refractivity contribution >= 4 is 11.8 Å². The molecule has 1 nitrogen and oxygen atoms in total. The minimum absolute atomic E-state index is 0.800. The Morgan fingerprint density at radius 1 is 1.62 bits per heavy atom. The van der Waals surface area contributed by atoms with Gasteiger partial charge in [-0.15, -0.1) is 0 Å². The highest BCUT2D eigenvalue weighted by Crippen LogP contribution is 2.15. The summed E-state index contributed by atoms with van der Waals surface area (Å²) >= 11 is 2.07. The molecule has 0 amide bonds. The lowest BCUT2D eigenvalue weighted by Gasteiger charge is -2.19. The van der Waals surface area contributed by atoms with Crippen LogP contribution in [0.1, 0.15) is 12.8 Å². The second kappa shape index (κ2) is 3.36. The summed E-state index contributed by atoms with van der Waals surface area (Å²) in [5, 5.41) is 3.28. The maximum atomic E-state index is 3.28. The fourth-order valence-corrected chi connectivity index (χ4v) is 2.12.